The molecule has 2 heterocycles. The Bertz CT molecular complexity index is 1390. The van der Waals surface area contributed by atoms with Crippen molar-refractivity contribution in [3.63, 3.8) is 0 Å². The molecule has 0 radical (unpaired) electrons. The van der Waals surface area contributed by atoms with Crippen molar-refractivity contribution in [2.75, 3.05) is 47.0 Å². The van der Waals surface area contributed by atoms with Crippen LogP contribution in [0.1, 0.15) is 63.3 Å². The Morgan fingerprint density at radius 1 is 1.19 bits per heavy atom. The Balaban J connectivity index is 2.04. The molecule has 2 aliphatic heterocycles. The molecular formula is C32H42FN2O7+. The molecule has 2 aliphatic rings. The number of nitrogens with zero attached hydrogens (tertiary/aromatic N) is 2. The van der Waals surface area contributed by atoms with Gasteiger partial charge in [-0.05, 0) is 50.5 Å². The van der Waals surface area contributed by atoms with E-state index in [2.05, 4.69) is 0 Å². The number of hydrogen-bond acceptors (Lipinski definition) is 6. The van der Waals surface area contributed by atoms with Gasteiger partial charge >= 0.3 is 12.0 Å². The minimum atomic E-state index is -1.19. The molecule has 2 aromatic rings. The van der Waals surface area contributed by atoms with E-state index in [1.165, 1.54) is 32.1 Å². The van der Waals surface area contributed by atoms with Gasteiger partial charge in [-0.25, -0.2) is 18.5 Å². The van der Waals surface area contributed by atoms with Crippen LogP contribution in [0.5, 0.6) is 11.5 Å². The van der Waals surface area contributed by atoms with Gasteiger partial charge in [-0.3, -0.25) is 4.79 Å². The Kier molecular flexibility index (Phi) is 8.72. The van der Waals surface area contributed by atoms with Gasteiger partial charge in [0.2, 0.25) is 0 Å². The molecule has 3 atom stereocenters. The van der Waals surface area contributed by atoms with Gasteiger partial charge in [0, 0.05) is 24.1 Å². The summed E-state index contributed by atoms with van der Waals surface area (Å²) in [5, 5.41) is 9.83. The van der Waals surface area contributed by atoms with E-state index >= 15 is 4.39 Å². The summed E-state index contributed by atoms with van der Waals surface area (Å²) < 4.78 is 33.7. The third kappa shape index (κ3) is 5.74. The Morgan fingerprint density at radius 3 is 2.50 bits per heavy atom. The first-order chi connectivity index (χ1) is 19.7. The molecule has 2 aromatic carbocycles. The van der Waals surface area contributed by atoms with Crippen molar-refractivity contribution >= 4 is 23.5 Å². The van der Waals surface area contributed by atoms with Crippen LogP contribution in [-0.4, -0.2) is 74.8 Å². The molecule has 4 rings (SSSR count). The maximum atomic E-state index is 16.6. The first-order valence-corrected chi connectivity index (χ1v) is 14.2. The summed E-state index contributed by atoms with van der Waals surface area (Å²) >= 11 is 0. The number of Topliss-reactive ketones (excluding diaryl/α,β-unsaturated/α-hetero) is 1. The maximum Gasteiger partial charge on any atom is 0.407 e. The number of carbonyl (C=O) groups is 3. The summed E-state index contributed by atoms with van der Waals surface area (Å²) in [7, 11) is 3.03. The summed E-state index contributed by atoms with van der Waals surface area (Å²) in [5.41, 5.74) is 0.125. The lowest BCUT2D eigenvalue weighted by atomic mass is 9.74. The second-order valence-corrected chi connectivity index (χ2v) is 12.8. The number of methoxy groups -OCH3 is 2. The molecule has 10 heteroatoms. The van der Waals surface area contributed by atoms with E-state index in [-0.39, 0.29) is 37.7 Å². The first kappa shape index (κ1) is 31.4. The van der Waals surface area contributed by atoms with Crippen molar-refractivity contribution in [1.29, 1.82) is 0 Å². The summed E-state index contributed by atoms with van der Waals surface area (Å²) in [6.07, 6.45) is -1.15. The zero-order valence-electron chi connectivity index (χ0n) is 25.6. The van der Waals surface area contributed by atoms with E-state index in [1.54, 1.807) is 25.1 Å². The second-order valence-electron chi connectivity index (χ2n) is 12.8. The summed E-state index contributed by atoms with van der Waals surface area (Å²) in [4.78, 5) is 41.2. The van der Waals surface area contributed by atoms with Gasteiger partial charge in [-0.15, -0.1) is 0 Å². The number of aryl methyl sites for hydroxylation is 1. The SMILES string of the molecule is COc1cccc([C@H]2OCC(=O)[N@@+](CC(C)(C)C)(CC3(C(C)=O)CCCN(C(=O)O)C3)c3c(F)cc(C)cc32)c1OC. The average Bonchev–Trinajstić information content (AvgIpc) is 3.01. The summed E-state index contributed by atoms with van der Waals surface area (Å²) in [6.45, 7) is 9.07. The van der Waals surface area contributed by atoms with E-state index in [9.17, 15) is 19.5 Å². The lowest BCUT2D eigenvalue weighted by Crippen LogP contribution is -2.67. The van der Waals surface area contributed by atoms with E-state index in [0.29, 0.717) is 47.6 Å². The predicted octanol–water partition coefficient (Wildman–Crippen LogP) is 5.50. The molecule has 9 nitrogen and oxygen atoms in total. The Morgan fingerprint density at radius 2 is 1.90 bits per heavy atom. The van der Waals surface area contributed by atoms with Crippen molar-refractivity contribution in [2.24, 2.45) is 10.8 Å². The number of likely N-dealkylation sites (tertiary alicyclic amines) is 1. The molecule has 0 spiro atoms. The van der Waals surface area contributed by atoms with Gasteiger partial charge in [0.15, 0.2) is 29.6 Å². The normalized spacial score (nSPS) is 24.5. The number of hydrogen-bond donors (Lipinski definition) is 1. The molecule has 2 amide bonds. The predicted molar refractivity (Wildman–Crippen MR) is 156 cm³/mol. The molecule has 0 bridgehead atoms. The number of halogens is 1. The van der Waals surface area contributed by atoms with Crippen molar-refractivity contribution in [1.82, 2.24) is 9.38 Å². The van der Waals surface area contributed by atoms with Crippen LogP contribution < -0.4 is 14.0 Å². The number of amides is 2. The third-order valence-electron chi connectivity index (χ3n) is 8.43. The van der Waals surface area contributed by atoms with Crippen LogP contribution in [0, 0.1) is 23.6 Å². The van der Waals surface area contributed by atoms with Gasteiger partial charge in [-0.1, -0.05) is 32.9 Å². The number of carbonyl (C=O) groups excluding carboxylic acids is 2. The van der Waals surface area contributed by atoms with Gasteiger partial charge in [0.25, 0.3) is 0 Å². The second kappa shape index (κ2) is 11.6. The van der Waals surface area contributed by atoms with Crippen molar-refractivity contribution < 1.29 is 38.1 Å². The lowest BCUT2D eigenvalue weighted by Gasteiger charge is -2.47. The summed E-state index contributed by atoms with van der Waals surface area (Å²) in [5.74, 6) is -0.328. The number of para-hydroxylation sites is 1. The topological polar surface area (TPSA) is 102 Å². The van der Waals surface area contributed by atoms with Crippen LogP contribution in [0.2, 0.25) is 0 Å². The fourth-order valence-electron chi connectivity index (χ4n) is 6.82. The molecule has 0 aromatic heterocycles. The summed E-state index contributed by atoms with van der Waals surface area (Å²) in [6, 6.07) is 8.55. The van der Waals surface area contributed by atoms with Crippen molar-refractivity contribution in [3.8, 4) is 11.5 Å². The molecular weight excluding hydrogens is 543 g/mol. The van der Waals surface area contributed by atoms with Crippen LogP contribution in [0.15, 0.2) is 30.3 Å². The number of rotatable bonds is 7. The number of ether oxygens (including phenoxy) is 3. The molecule has 228 valence electrons. The highest BCUT2D eigenvalue weighted by Crippen LogP contribution is 2.49. The highest BCUT2D eigenvalue weighted by atomic mass is 19.1. The number of ketones is 1. The van der Waals surface area contributed by atoms with Crippen LogP contribution >= 0.6 is 0 Å². The molecule has 1 unspecified atom stereocenters. The van der Waals surface area contributed by atoms with Crippen molar-refractivity contribution in [3.05, 3.63) is 52.8 Å². The van der Waals surface area contributed by atoms with Gasteiger partial charge in [0.1, 0.15) is 18.4 Å². The van der Waals surface area contributed by atoms with Gasteiger partial charge < -0.3 is 24.2 Å². The quantitative estimate of drug-likeness (QED) is 0.428. The highest BCUT2D eigenvalue weighted by molar-refractivity contribution is 5.93. The molecule has 1 N–H and O–H groups in total. The number of quaternary nitrogens is 1. The van der Waals surface area contributed by atoms with Crippen LogP contribution in [0.4, 0.5) is 14.9 Å². The van der Waals surface area contributed by atoms with E-state index in [0.717, 1.165) is 0 Å². The maximum absolute atomic E-state index is 16.6. The molecule has 0 aliphatic carbocycles. The number of fused-ring (bicyclic) bond motifs is 1. The zero-order chi connectivity index (χ0) is 31.0. The van der Waals surface area contributed by atoms with Gasteiger partial charge in [0.05, 0.1) is 31.7 Å². The smallest absolute Gasteiger partial charge is 0.407 e. The molecule has 42 heavy (non-hydrogen) atoms. The van der Waals surface area contributed by atoms with E-state index < -0.39 is 39.2 Å². The fraction of sp³-hybridized carbons (Fsp3) is 0.531. The molecule has 1 saturated heterocycles. The number of piperidine rings is 1. The monoisotopic (exact) mass is 585 g/mol. The molecule has 1 fully saturated rings. The minimum Gasteiger partial charge on any atom is -0.493 e. The molecule has 0 saturated carbocycles. The van der Waals surface area contributed by atoms with Crippen LogP contribution in [0.3, 0.4) is 0 Å². The average molecular weight is 586 g/mol. The van der Waals surface area contributed by atoms with Crippen LogP contribution in [-0.2, 0) is 14.3 Å². The minimum absolute atomic E-state index is 0.0636. The van der Waals surface area contributed by atoms with E-state index in [4.69, 9.17) is 14.2 Å². The van der Waals surface area contributed by atoms with Gasteiger partial charge in [-0.2, -0.15) is 0 Å². The Hall–Kier alpha value is -3.50. The largest absolute Gasteiger partial charge is 0.493 e. The standard InChI is InChI=1S/C32H41FN2O7/c1-20-14-23-27(24(33)15-20)35(18-31(3,4)5,19-32(21(2)36)12-9-13-34(17-32)30(38)39)26(37)16-42-28(23)22-10-8-11-25(40-6)29(22)41-7/h8,10-11,14-15,28H,9,12-13,16-19H2,1-7H3/p+1/t28-,32?,35-/m1/s1. The number of benzene rings is 2. The number of carboxylic acid groups (broad SMARTS) is 1. The zero-order valence-corrected chi connectivity index (χ0v) is 25.6. The van der Waals surface area contributed by atoms with Crippen LogP contribution in [0.25, 0.3) is 0 Å². The van der Waals surface area contributed by atoms with Crippen molar-refractivity contribution in [2.45, 2.75) is 53.6 Å². The lowest BCUT2D eigenvalue weighted by molar-refractivity contribution is -0.142. The van der Waals surface area contributed by atoms with E-state index in [1.807, 2.05) is 26.8 Å². The highest BCUT2D eigenvalue weighted by Gasteiger charge is 2.56. The fourth-order valence-corrected chi connectivity index (χ4v) is 6.82. The first-order valence-electron chi connectivity index (χ1n) is 14.2. The third-order valence-corrected chi connectivity index (χ3v) is 8.43. The Labute approximate surface area is 246 Å².